The fourth-order valence-corrected chi connectivity index (χ4v) is 3.43. The van der Waals surface area contributed by atoms with E-state index in [4.69, 9.17) is 0 Å². The van der Waals surface area contributed by atoms with E-state index in [9.17, 15) is 5.26 Å². The van der Waals surface area contributed by atoms with Crippen molar-refractivity contribution in [2.75, 3.05) is 33.7 Å². The Hall–Kier alpha value is -0.630. The summed E-state index contributed by atoms with van der Waals surface area (Å²) in [6, 6.07) is 3.79. The van der Waals surface area contributed by atoms with Gasteiger partial charge < -0.3 is 4.90 Å². The van der Waals surface area contributed by atoms with E-state index in [0.29, 0.717) is 18.0 Å². The summed E-state index contributed by atoms with van der Waals surface area (Å²) in [5.74, 6) is 0.681. The summed E-state index contributed by atoms with van der Waals surface area (Å²) in [4.78, 5) is 4.88. The Balaban J connectivity index is 1.94. The van der Waals surface area contributed by atoms with Crippen LogP contribution in [0.25, 0.3) is 0 Å². The molecule has 0 amide bonds. The lowest BCUT2D eigenvalue weighted by Gasteiger charge is -2.32. The highest BCUT2D eigenvalue weighted by molar-refractivity contribution is 5.15. The van der Waals surface area contributed by atoms with E-state index in [0.717, 1.165) is 38.9 Å². The number of hydrogen-bond donors (Lipinski definition) is 1. The van der Waals surface area contributed by atoms with Crippen LogP contribution in [0.5, 0.6) is 0 Å². The van der Waals surface area contributed by atoms with Crippen molar-refractivity contribution in [1.29, 1.82) is 5.26 Å². The van der Waals surface area contributed by atoms with Gasteiger partial charge in [-0.15, -0.1) is 0 Å². The molecule has 0 aromatic carbocycles. The van der Waals surface area contributed by atoms with Crippen LogP contribution in [0.4, 0.5) is 0 Å². The zero-order valence-corrected chi connectivity index (χ0v) is 14.2. The van der Waals surface area contributed by atoms with Crippen LogP contribution >= 0.6 is 0 Å². The van der Waals surface area contributed by atoms with Crippen LogP contribution in [0.2, 0.25) is 0 Å². The minimum atomic E-state index is -0.251. The Labute approximate surface area is 130 Å². The van der Waals surface area contributed by atoms with Crippen molar-refractivity contribution in [3.63, 3.8) is 0 Å². The van der Waals surface area contributed by atoms with Gasteiger partial charge in [-0.05, 0) is 52.1 Å². The van der Waals surface area contributed by atoms with Gasteiger partial charge in [0.25, 0.3) is 0 Å². The quantitative estimate of drug-likeness (QED) is 0.744. The lowest BCUT2D eigenvalue weighted by atomic mass is 9.99. The van der Waals surface area contributed by atoms with Crippen LogP contribution in [0.3, 0.4) is 0 Å². The zero-order chi connectivity index (χ0) is 15.5. The van der Waals surface area contributed by atoms with Gasteiger partial charge in [-0.2, -0.15) is 5.26 Å². The van der Waals surface area contributed by atoms with Crippen molar-refractivity contribution < 1.29 is 0 Å². The van der Waals surface area contributed by atoms with Gasteiger partial charge >= 0.3 is 0 Å². The van der Waals surface area contributed by atoms with Gasteiger partial charge in [0.15, 0.2) is 0 Å². The number of rotatable bonds is 8. The van der Waals surface area contributed by atoms with Crippen molar-refractivity contribution in [1.82, 2.24) is 15.1 Å². The van der Waals surface area contributed by atoms with E-state index in [1.54, 1.807) is 0 Å². The summed E-state index contributed by atoms with van der Waals surface area (Å²) in [5.41, 5.74) is -0.251. The first kappa shape index (κ1) is 16.7. The van der Waals surface area contributed by atoms with E-state index in [2.05, 4.69) is 49.1 Å². The fraction of sp³-hybridized carbons (Fsp3) is 0.941. The molecule has 4 heteroatoms. The predicted octanol–water partition coefficient (Wildman–Crippen LogP) is 2.07. The Kier molecular flexibility index (Phi) is 5.65. The molecule has 0 aromatic rings. The Morgan fingerprint density at radius 3 is 2.48 bits per heavy atom. The molecule has 4 nitrogen and oxygen atoms in total. The predicted molar refractivity (Wildman–Crippen MR) is 87.1 cm³/mol. The third-order valence-corrected chi connectivity index (χ3v) is 4.71. The average Bonchev–Trinajstić information content (AvgIpc) is 3.12. The highest BCUT2D eigenvalue weighted by Gasteiger charge is 2.44. The molecule has 0 saturated heterocycles. The zero-order valence-electron chi connectivity index (χ0n) is 14.2. The van der Waals surface area contributed by atoms with E-state index >= 15 is 0 Å². The molecular weight excluding hydrogens is 260 g/mol. The van der Waals surface area contributed by atoms with Gasteiger partial charge in [-0.1, -0.05) is 13.8 Å². The maximum Gasteiger partial charge on any atom is 0.108 e. The molecule has 2 fully saturated rings. The first-order valence-corrected chi connectivity index (χ1v) is 8.52. The van der Waals surface area contributed by atoms with Gasteiger partial charge in [0, 0.05) is 31.7 Å². The molecule has 21 heavy (non-hydrogen) atoms. The SMILES string of the molecule is CC(C)CN(CCN(C)C)C1CCC(C#N)(NC2CC2)C1. The van der Waals surface area contributed by atoms with Crippen molar-refractivity contribution in [3.8, 4) is 6.07 Å². The van der Waals surface area contributed by atoms with Crippen LogP contribution in [0.1, 0.15) is 46.0 Å². The summed E-state index contributed by atoms with van der Waals surface area (Å²) in [6.45, 7) is 7.93. The molecule has 2 saturated carbocycles. The molecule has 2 atom stereocenters. The van der Waals surface area contributed by atoms with Crippen LogP contribution in [0.15, 0.2) is 0 Å². The van der Waals surface area contributed by atoms with Gasteiger partial charge in [0.05, 0.1) is 6.07 Å². The molecule has 0 aliphatic heterocycles. The standard InChI is InChI=1S/C17H32N4/c1-14(2)12-21(10-9-20(3)4)16-7-8-17(11-16,13-18)19-15-5-6-15/h14-16,19H,5-12H2,1-4H3. The molecule has 2 aliphatic carbocycles. The third-order valence-electron chi connectivity index (χ3n) is 4.71. The smallest absolute Gasteiger partial charge is 0.108 e. The monoisotopic (exact) mass is 292 g/mol. The second kappa shape index (κ2) is 7.09. The van der Waals surface area contributed by atoms with Crippen LogP contribution < -0.4 is 5.32 Å². The molecule has 2 rings (SSSR count). The summed E-state index contributed by atoms with van der Waals surface area (Å²) in [7, 11) is 4.27. The Morgan fingerprint density at radius 1 is 1.24 bits per heavy atom. The lowest BCUT2D eigenvalue weighted by Crippen LogP contribution is -2.46. The minimum absolute atomic E-state index is 0.251. The molecular formula is C17H32N4. The maximum atomic E-state index is 9.65. The first-order chi connectivity index (χ1) is 9.94. The highest BCUT2D eigenvalue weighted by Crippen LogP contribution is 2.36. The van der Waals surface area contributed by atoms with Crippen molar-refractivity contribution in [2.24, 2.45) is 5.92 Å². The van der Waals surface area contributed by atoms with E-state index in [1.807, 2.05) is 0 Å². The van der Waals surface area contributed by atoms with E-state index < -0.39 is 0 Å². The van der Waals surface area contributed by atoms with Crippen molar-refractivity contribution in [3.05, 3.63) is 0 Å². The minimum Gasteiger partial charge on any atom is -0.308 e. The van der Waals surface area contributed by atoms with E-state index in [1.165, 1.54) is 12.8 Å². The average molecular weight is 292 g/mol. The normalized spacial score (nSPS) is 29.5. The first-order valence-electron chi connectivity index (χ1n) is 8.52. The van der Waals surface area contributed by atoms with Gasteiger partial charge in [0.2, 0.25) is 0 Å². The third kappa shape index (κ3) is 4.95. The summed E-state index contributed by atoms with van der Waals surface area (Å²) in [6.07, 6.45) is 5.68. The lowest BCUT2D eigenvalue weighted by molar-refractivity contribution is 0.157. The molecule has 2 aliphatic rings. The Bertz CT molecular complexity index is 369. The largest absolute Gasteiger partial charge is 0.308 e. The van der Waals surface area contributed by atoms with Gasteiger partial charge in [-0.25, -0.2) is 0 Å². The summed E-state index contributed by atoms with van der Waals surface area (Å²) in [5, 5.41) is 13.3. The number of hydrogen-bond acceptors (Lipinski definition) is 4. The second-order valence-corrected chi connectivity index (χ2v) is 7.70. The second-order valence-electron chi connectivity index (χ2n) is 7.70. The van der Waals surface area contributed by atoms with Crippen LogP contribution in [-0.4, -0.2) is 61.2 Å². The molecule has 0 heterocycles. The van der Waals surface area contributed by atoms with Crippen LogP contribution in [-0.2, 0) is 0 Å². The molecule has 0 radical (unpaired) electrons. The molecule has 2 unspecified atom stereocenters. The summed E-state index contributed by atoms with van der Waals surface area (Å²) < 4.78 is 0. The van der Waals surface area contributed by atoms with Crippen molar-refractivity contribution in [2.45, 2.75) is 63.6 Å². The van der Waals surface area contributed by atoms with E-state index in [-0.39, 0.29) is 5.54 Å². The number of nitrogens with zero attached hydrogens (tertiary/aromatic N) is 3. The van der Waals surface area contributed by atoms with Gasteiger partial charge in [0.1, 0.15) is 5.54 Å². The summed E-state index contributed by atoms with van der Waals surface area (Å²) >= 11 is 0. The molecule has 1 N–H and O–H groups in total. The van der Waals surface area contributed by atoms with Gasteiger partial charge in [-0.3, -0.25) is 10.2 Å². The molecule has 0 bridgehead atoms. The number of nitrogens with one attached hydrogen (secondary N) is 1. The maximum absolute atomic E-state index is 9.65. The highest BCUT2D eigenvalue weighted by atomic mass is 15.2. The Morgan fingerprint density at radius 2 is 1.95 bits per heavy atom. The van der Waals surface area contributed by atoms with Crippen molar-refractivity contribution >= 4 is 0 Å². The molecule has 120 valence electrons. The fourth-order valence-electron chi connectivity index (χ4n) is 3.43. The number of nitriles is 1. The molecule has 0 aromatic heterocycles. The van der Waals surface area contributed by atoms with Crippen LogP contribution in [0, 0.1) is 17.2 Å². The topological polar surface area (TPSA) is 42.3 Å². The molecule has 0 spiro atoms. The number of likely N-dealkylation sites (N-methyl/N-ethyl adjacent to an activating group) is 1.